The molecule has 0 fully saturated rings. The van der Waals surface area contributed by atoms with Crippen LogP contribution in [0.2, 0.25) is 0 Å². The van der Waals surface area contributed by atoms with Gasteiger partial charge in [-0.25, -0.2) is 0 Å². The molecule has 0 saturated carbocycles. The van der Waals surface area contributed by atoms with Gasteiger partial charge in [-0.15, -0.1) is 0 Å². The van der Waals surface area contributed by atoms with E-state index in [1.165, 1.54) is 6.07 Å². The number of rotatable bonds is 0. The molecular weight excluding hydrogens is 245 g/mol. The van der Waals surface area contributed by atoms with E-state index in [-0.39, 0.29) is 0 Å². The lowest BCUT2D eigenvalue weighted by Crippen LogP contribution is -2.04. The Morgan fingerprint density at radius 3 is 2.29 bits per heavy atom. The molecule has 0 saturated heterocycles. The highest BCUT2D eigenvalue weighted by molar-refractivity contribution is 7.25. The Balaban J connectivity index is 2.52. The second-order valence-corrected chi connectivity index (χ2v) is 5.01. The summed E-state index contributed by atoms with van der Waals surface area (Å²) in [6.07, 6.45) is -4.29. The summed E-state index contributed by atoms with van der Waals surface area (Å²) in [6.45, 7) is 0. The van der Waals surface area contributed by atoms with Crippen LogP contribution in [0.15, 0.2) is 42.5 Å². The molecule has 0 aliphatic carbocycles. The van der Waals surface area contributed by atoms with Gasteiger partial charge in [0.15, 0.2) is 9.40 Å². The molecule has 0 bridgehead atoms. The molecule has 0 unspecified atom stereocenters. The van der Waals surface area contributed by atoms with Gasteiger partial charge in [-0.3, -0.25) is 0 Å². The molecule has 1 aromatic heterocycles. The zero-order valence-electron chi connectivity index (χ0n) is 8.62. The normalized spacial score (nSPS) is 12.4. The first-order valence-corrected chi connectivity index (χ1v) is 5.98. The fraction of sp³-hybridized carbons (Fsp3) is 0.0769. The van der Waals surface area contributed by atoms with E-state index in [1.54, 1.807) is 18.2 Å². The third kappa shape index (κ3) is 1.60. The van der Waals surface area contributed by atoms with Crippen molar-refractivity contribution in [3.05, 3.63) is 48.0 Å². The van der Waals surface area contributed by atoms with Crippen LogP contribution >= 0.6 is 11.3 Å². The minimum Gasteiger partial charge on any atom is -0.166 e. The molecular formula is C13H8F3S+. The Hall–Kier alpha value is -1.55. The average molecular weight is 253 g/mol. The lowest BCUT2D eigenvalue weighted by molar-refractivity contribution is -0.136. The van der Waals surface area contributed by atoms with Crippen LogP contribution in [0.1, 0.15) is 5.56 Å². The molecule has 0 atom stereocenters. The van der Waals surface area contributed by atoms with Crippen molar-refractivity contribution in [2.75, 3.05) is 0 Å². The number of benzene rings is 2. The standard InChI is InChI=1S/C13H7F3S/c14-13(15,16)9-5-3-7-11-12(9)8-4-1-2-6-10(8)17-11/h1-7H/p+1. The first kappa shape index (κ1) is 10.6. The van der Waals surface area contributed by atoms with E-state index >= 15 is 0 Å². The van der Waals surface area contributed by atoms with E-state index in [0.717, 1.165) is 26.8 Å². The largest absolute Gasteiger partial charge is 0.417 e. The second kappa shape index (κ2) is 3.47. The highest BCUT2D eigenvalue weighted by atomic mass is 32.1. The van der Waals surface area contributed by atoms with E-state index in [4.69, 9.17) is 0 Å². The lowest BCUT2D eigenvalue weighted by Gasteiger charge is -2.06. The van der Waals surface area contributed by atoms with Gasteiger partial charge in [-0.1, -0.05) is 18.2 Å². The van der Waals surface area contributed by atoms with Crippen LogP contribution < -0.4 is 0 Å². The first-order valence-electron chi connectivity index (χ1n) is 5.09. The van der Waals surface area contributed by atoms with Gasteiger partial charge in [-0.2, -0.15) is 13.2 Å². The van der Waals surface area contributed by atoms with Gasteiger partial charge in [0.05, 0.1) is 10.9 Å². The van der Waals surface area contributed by atoms with Crippen LogP contribution in [-0.2, 0) is 6.18 Å². The van der Waals surface area contributed by atoms with Crippen molar-refractivity contribution in [2.24, 2.45) is 0 Å². The minimum atomic E-state index is -4.29. The molecule has 3 rings (SSSR count). The van der Waals surface area contributed by atoms with Crippen LogP contribution in [0.5, 0.6) is 0 Å². The Morgan fingerprint density at radius 2 is 1.53 bits per heavy atom. The third-order valence-corrected chi connectivity index (χ3v) is 4.01. The van der Waals surface area contributed by atoms with Crippen LogP contribution in [0.25, 0.3) is 20.2 Å². The predicted octanol–water partition coefficient (Wildman–Crippen LogP) is 4.81. The van der Waals surface area contributed by atoms with E-state index in [2.05, 4.69) is 0 Å². The fourth-order valence-corrected chi connectivity index (χ4v) is 3.31. The van der Waals surface area contributed by atoms with Crippen LogP contribution in [-0.4, -0.2) is 0 Å². The smallest absolute Gasteiger partial charge is 0.166 e. The summed E-state index contributed by atoms with van der Waals surface area (Å²) in [5.74, 6) is 0. The maximum absolute atomic E-state index is 12.9. The summed E-state index contributed by atoms with van der Waals surface area (Å²) >= 11 is 0.859. The predicted molar refractivity (Wildman–Crippen MR) is 65.7 cm³/mol. The molecule has 2 aromatic carbocycles. The molecule has 0 amide bonds. The number of alkyl halides is 3. The summed E-state index contributed by atoms with van der Waals surface area (Å²) in [4.78, 5) is 0. The SMILES string of the molecule is FC(F)(F)c1cccc2[sH+]c3ccccc3c12. The summed E-state index contributed by atoms with van der Waals surface area (Å²) < 4.78 is 40.5. The number of hydrogen-bond donors (Lipinski definition) is 0. The molecule has 4 heteroatoms. The highest BCUT2D eigenvalue weighted by Crippen LogP contribution is 2.41. The quantitative estimate of drug-likeness (QED) is 0.504. The van der Waals surface area contributed by atoms with Crippen molar-refractivity contribution in [3.8, 4) is 0 Å². The maximum Gasteiger partial charge on any atom is 0.417 e. The fourth-order valence-electron chi connectivity index (χ4n) is 2.06. The van der Waals surface area contributed by atoms with Crippen molar-refractivity contribution >= 4 is 31.5 Å². The summed E-state index contributed by atoms with van der Waals surface area (Å²) in [7, 11) is 0. The molecule has 0 nitrogen and oxygen atoms in total. The zero-order chi connectivity index (χ0) is 12.0. The van der Waals surface area contributed by atoms with Gasteiger partial charge in [-0.05, 0) is 35.6 Å². The molecule has 1 heterocycles. The van der Waals surface area contributed by atoms with E-state index in [0.29, 0.717) is 10.8 Å². The van der Waals surface area contributed by atoms with Crippen molar-refractivity contribution in [1.82, 2.24) is 0 Å². The van der Waals surface area contributed by atoms with Gasteiger partial charge in [0.2, 0.25) is 0 Å². The van der Waals surface area contributed by atoms with Gasteiger partial charge in [0, 0.05) is 5.39 Å². The Bertz CT molecular complexity index is 695. The van der Waals surface area contributed by atoms with E-state index in [1.807, 2.05) is 12.1 Å². The topological polar surface area (TPSA) is 0 Å². The average Bonchev–Trinajstić information content (AvgIpc) is 2.65. The van der Waals surface area contributed by atoms with Crippen LogP contribution in [0.3, 0.4) is 0 Å². The zero-order valence-corrected chi connectivity index (χ0v) is 9.52. The van der Waals surface area contributed by atoms with Gasteiger partial charge in [0.25, 0.3) is 0 Å². The van der Waals surface area contributed by atoms with Crippen molar-refractivity contribution in [1.29, 1.82) is 0 Å². The van der Waals surface area contributed by atoms with Gasteiger partial charge < -0.3 is 0 Å². The second-order valence-electron chi connectivity index (χ2n) is 3.83. The Morgan fingerprint density at radius 1 is 0.824 bits per heavy atom. The van der Waals surface area contributed by atoms with Gasteiger partial charge in [0.1, 0.15) is 0 Å². The molecule has 86 valence electrons. The van der Waals surface area contributed by atoms with E-state index in [9.17, 15) is 13.2 Å². The van der Waals surface area contributed by atoms with Crippen molar-refractivity contribution < 1.29 is 13.2 Å². The molecule has 0 aliphatic heterocycles. The highest BCUT2D eigenvalue weighted by Gasteiger charge is 2.34. The molecule has 0 spiro atoms. The number of halogens is 3. The first-order chi connectivity index (χ1) is 8.07. The molecule has 0 radical (unpaired) electrons. The van der Waals surface area contributed by atoms with Crippen molar-refractivity contribution in [3.63, 3.8) is 0 Å². The van der Waals surface area contributed by atoms with Crippen LogP contribution in [0, 0.1) is 0 Å². The Labute approximate surface area is 99.3 Å². The lowest BCUT2D eigenvalue weighted by atomic mass is 10.1. The molecule has 17 heavy (non-hydrogen) atoms. The maximum atomic E-state index is 12.9. The third-order valence-electron chi connectivity index (χ3n) is 2.76. The summed E-state index contributed by atoms with van der Waals surface area (Å²) in [5, 5.41) is 1.05. The van der Waals surface area contributed by atoms with Crippen LogP contribution in [0.4, 0.5) is 13.2 Å². The number of thiophene rings is 1. The van der Waals surface area contributed by atoms with E-state index < -0.39 is 11.7 Å². The Kier molecular flexibility index (Phi) is 2.16. The molecule has 3 aromatic rings. The molecule has 0 aliphatic rings. The van der Waals surface area contributed by atoms with Gasteiger partial charge >= 0.3 is 6.18 Å². The summed E-state index contributed by atoms with van der Waals surface area (Å²) in [6, 6.07) is 11.6. The molecule has 0 N–H and O–H groups in total. The summed E-state index contributed by atoms with van der Waals surface area (Å²) in [5.41, 5.74) is -0.535. The number of hydrogen-bond acceptors (Lipinski definition) is 0. The monoisotopic (exact) mass is 253 g/mol. The number of fused-ring (bicyclic) bond motifs is 3. The van der Waals surface area contributed by atoms with Crippen molar-refractivity contribution in [2.45, 2.75) is 6.18 Å². The minimum absolute atomic E-state index is 0.345.